The summed E-state index contributed by atoms with van der Waals surface area (Å²) < 4.78 is 37.9. The molecule has 14 heteroatoms. The molecule has 0 saturated carbocycles. The zero-order chi connectivity index (χ0) is 26.0. The number of rotatable bonds is 10. The summed E-state index contributed by atoms with van der Waals surface area (Å²) in [5, 5.41) is 5.68. The van der Waals surface area contributed by atoms with Crippen molar-refractivity contribution >= 4 is 44.2 Å². The second-order valence-electron chi connectivity index (χ2n) is 8.70. The number of carbonyl (C=O) groups is 2. The predicted octanol–water partition coefficient (Wildman–Crippen LogP) is 1.12. The lowest BCUT2D eigenvalue weighted by Crippen LogP contribution is -2.62. The van der Waals surface area contributed by atoms with Gasteiger partial charge < -0.3 is 20.2 Å². The zero-order valence-electron chi connectivity index (χ0n) is 19.8. The van der Waals surface area contributed by atoms with Crippen molar-refractivity contribution in [3.63, 3.8) is 0 Å². The van der Waals surface area contributed by atoms with E-state index in [9.17, 15) is 18.0 Å². The fourth-order valence-electron chi connectivity index (χ4n) is 4.23. The third-order valence-corrected chi connectivity index (χ3v) is 7.83. The third kappa shape index (κ3) is 5.67. The minimum Gasteiger partial charge on any atom is -0.490 e. The quantitative estimate of drug-likeness (QED) is 0.147. The number of thiazole rings is 1. The number of Topliss-reactive ketones (excluding diaryl/α,β-unsaturated/α-hetero) is 1. The standard InChI is InChI=1S/C22H27N5O7S2/c1-13-17(21(29)27(13)36(30,31)32)10-19(28)20(18-12-35-22(23)24-18)25-34-8-7-33-16-4-3-15-11-26(2)6-5-14(15)9-16/h3-4,9,12-13,17H,5-8,10-11H2,1-2H3,(H2,23,24)(H,30,31,32)/b25-20-/t13-,17-/m0/s1. The number of nitrogen functional groups attached to an aromatic ring is 1. The predicted molar refractivity (Wildman–Crippen MR) is 132 cm³/mol. The number of β-lactam (4-membered cyclic amide) rings is 1. The number of benzene rings is 1. The fourth-order valence-corrected chi connectivity index (χ4v) is 5.71. The van der Waals surface area contributed by atoms with Gasteiger partial charge in [-0.3, -0.25) is 14.1 Å². The van der Waals surface area contributed by atoms with Gasteiger partial charge in [0, 0.05) is 24.9 Å². The van der Waals surface area contributed by atoms with E-state index in [0.29, 0.717) is 4.31 Å². The molecule has 194 valence electrons. The summed E-state index contributed by atoms with van der Waals surface area (Å²) in [6.07, 6.45) is 0.628. The molecule has 3 N–H and O–H groups in total. The summed E-state index contributed by atoms with van der Waals surface area (Å²) >= 11 is 1.11. The van der Waals surface area contributed by atoms with Gasteiger partial charge in [0.15, 0.2) is 23.2 Å². The number of ether oxygens (including phenoxy) is 1. The van der Waals surface area contributed by atoms with Crippen molar-refractivity contribution in [3.8, 4) is 5.75 Å². The molecule has 0 unspecified atom stereocenters. The maximum absolute atomic E-state index is 12.9. The molecule has 3 heterocycles. The lowest BCUT2D eigenvalue weighted by molar-refractivity contribution is -0.147. The first-order valence-corrected chi connectivity index (χ1v) is 13.5. The number of anilines is 1. The highest BCUT2D eigenvalue weighted by molar-refractivity contribution is 7.84. The molecule has 0 radical (unpaired) electrons. The van der Waals surface area contributed by atoms with Crippen molar-refractivity contribution in [3.05, 3.63) is 40.4 Å². The normalized spacial score (nSPS) is 20.6. The van der Waals surface area contributed by atoms with Crippen molar-refractivity contribution in [1.29, 1.82) is 0 Å². The lowest BCUT2D eigenvalue weighted by atomic mass is 9.86. The van der Waals surface area contributed by atoms with Crippen molar-refractivity contribution in [2.45, 2.75) is 32.4 Å². The Kier molecular flexibility index (Phi) is 7.59. The van der Waals surface area contributed by atoms with Crippen LogP contribution >= 0.6 is 11.3 Å². The number of amides is 1. The molecular formula is C22H27N5O7S2. The molecule has 2 aromatic rings. The van der Waals surface area contributed by atoms with E-state index in [-0.39, 0.29) is 36.2 Å². The largest absolute Gasteiger partial charge is 0.490 e. The van der Waals surface area contributed by atoms with Gasteiger partial charge >= 0.3 is 10.3 Å². The van der Waals surface area contributed by atoms with Crippen LogP contribution < -0.4 is 10.5 Å². The first kappa shape index (κ1) is 26.0. The Morgan fingerprint density at radius 3 is 2.78 bits per heavy atom. The van der Waals surface area contributed by atoms with Crippen molar-refractivity contribution < 1.29 is 32.1 Å². The Bertz CT molecular complexity index is 1290. The van der Waals surface area contributed by atoms with Gasteiger partial charge in [0.05, 0.1) is 12.0 Å². The number of oxime groups is 1. The summed E-state index contributed by atoms with van der Waals surface area (Å²) in [6.45, 7) is 3.56. The molecule has 2 aliphatic heterocycles. The highest BCUT2D eigenvalue weighted by atomic mass is 32.2. The van der Waals surface area contributed by atoms with Crippen LogP contribution in [-0.4, -0.2) is 77.4 Å². The molecule has 1 aromatic heterocycles. The van der Waals surface area contributed by atoms with Gasteiger partial charge in [0.1, 0.15) is 18.1 Å². The molecule has 0 aliphatic carbocycles. The van der Waals surface area contributed by atoms with Crippen molar-refractivity contribution in [2.75, 3.05) is 32.5 Å². The molecule has 4 rings (SSSR count). The topological polar surface area (TPSA) is 165 Å². The molecule has 0 bridgehead atoms. The highest BCUT2D eigenvalue weighted by Crippen LogP contribution is 2.32. The van der Waals surface area contributed by atoms with E-state index < -0.39 is 34.0 Å². The number of nitrogens with two attached hydrogens (primary N) is 1. The molecule has 2 atom stereocenters. The number of likely N-dealkylation sites (N-methyl/N-ethyl adjacent to an activating group) is 1. The van der Waals surface area contributed by atoms with Gasteiger partial charge in [-0.15, -0.1) is 11.3 Å². The highest BCUT2D eigenvalue weighted by Gasteiger charge is 2.51. The minimum atomic E-state index is -4.68. The summed E-state index contributed by atoms with van der Waals surface area (Å²) in [6, 6.07) is 5.10. The summed E-state index contributed by atoms with van der Waals surface area (Å²) in [5.41, 5.74) is 8.28. The van der Waals surface area contributed by atoms with Crippen LogP contribution in [0.25, 0.3) is 0 Å². The molecule has 1 saturated heterocycles. The average molecular weight is 538 g/mol. The van der Waals surface area contributed by atoms with Crippen LogP contribution in [0.3, 0.4) is 0 Å². The van der Waals surface area contributed by atoms with Crippen LogP contribution in [0.15, 0.2) is 28.7 Å². The van der Waals surface area contributed by atoms with Gasteiger partial charge in [0.2, 0.25) is 5.91 Å². The van der Waals surface area contributed by atoms with Crippen LogP contribution in [0.1, 0.15) is 30.2 Å². The number of hydrogen-bond donors (Lipinski definition) is 2. The lowest BCUT2D eigenvalue weighted by Gasteiger charge is -2.41. The molecule has 1 amide bonds. The second kappa shape index (κ2) is 10.5. The number of carbonyl (C=O) groups excluding carboxylic acids is 2. The SMILES string of the molecule is C[C@H]1[C@H](CC(=O)/C(=N\OCCOc2ccc3c(c2)CCN(C)C3)c2csc(N)n2)C(=O)N1S(=O)(=O)O. The van der Waals surface area contributed by atoms with Gasteiger partial charge in [-0.05, 0) is 43.7 Å². The van der Waals surface area contributed by atoms with E-state index in [4.69, 9.17) is 19.9 Å². The molecular weight excluding hydrogens is 510 g/mol. The Balaban J connectivity index is 1.36. The van der Waals surface area contributed by atoms with Gasteiger partial charge in [-0.1, -0.05) is 11.2 Å². The number of fused-ring (bicyclic) bond motifs is 1. The number of ketones is 1. The van der Waals surface area contributed by atoms with E-state index in [1.54, 1.807) is 0 Å². The summed E-state index contributed by atoms with van der Waals surface area (Å²) in [5.74, 6) is -1.63. The zero-order valence-corrected chi connectivity index (χ0v) is 21.4. The minimum absolute atomic E-state index is 0.0471. The van der Waals surface area contributed by atoms with E-state index >= 15 is 0 Å². The number of nitrogens with zero attached hydrogens (tertiary/aromatic N) is 4. The fraction of sp³-hybridized carbons (Fsp3) is 0.455. The summed E-state index contributed by atoms with van der Waals surface area (Å²) in [4.78, 5) is 36.8. The third-order valence-electron chi connectivity index (χ3n) is 6.15. The maximum atomic E-state index is 12.9. The van der Waals surface area contributed by atoms with Crippen LogP contribution in [-0.2, 0) is 37.7 Å². The smallest absolute Gasteiger partial charge is 0.362 e. The number of aromatic nitrogens is 1. The van der Waals surface area contributed by atoms with E-state index in [1.165, 1.54) is 23.4 Å². The summed E-state index contributed by atoms with van der Waals surface area (Å²) in [7, 11) is -2.59. The first-order chi connectivity index (χ1) is 17.0. The maximum Gasteiger partial charge on any atom is 0.362 e. The van der Waals surface area contributed by atoms with Crippen molar-refractivity contribution in [2.24, 2.45) is 11.1 Å². The molecule has 0 spiro atoms. The van der Waals surface area contributed by atoms with Crippen molar-refractivity contribution in [1.82, 2.24) is 14.2 Å². The molecule has 36 heavy (non-hydrogen) atoms. The molecule has 2 aliphatic rings. The van der Waals surface area contributed by atoms with E-state index in [2.05, 4.69) is 28.2 Å². The monoisotopic (exact) mass is 537 g/mol. The molecule has 12 nitrogen and oxygen atoms in total. The van der Waals surface area contributed by atoms with E-state index in [0.717, 1.165) is 36.6 Å². The van der Waals surface area contributed by atoms with Crippen LogP contribution in [0.2, 0.25) is 0 Å². The van der Waals surface area contributed by atoms with Crippen LogP contribution in [0.4, 0.5) is 5.13 Å². The van der Waals surface area contributed by atoms with E-state index in [1.807, 2.05) is 12.1 Å². The van der Waals surface area contributed by atoms with Crippen LogP contribution in [0, 0.1) is 5.92 Å². The Hall–Kier alpha value is -3.07. The Labute approximate surface area is 212 Å². The van der Waals surface area contributed by atoms with Crippen LogP contribution in [0.5, 0.6) is 5.75 Å². The first-order valence-electron chi connectivity index (χ1n) is 11.2. The number of hydrogen-bond acceptors (Lipinski definition) is 11. The van der Waals surface area contributed by atoms with Gasteiger partial charge in [-0.25, -0.2) is 9.29 Å². The van der Waals surface area contributed by atoms with Gasteiger partial charge in [0.25, 0.3) is 0 Å². The second-order valence-corrected chi connectivity index (χ2v) is 10.9. The average Bonchev–Trinajstić information content (AvgIpc) is 3.24. The molecule has 1 aromatic carbocycles. The molecule has 1 fully saturated rings. The Morgan fingerprint density at radius 1 is 1.33 bits per heavy atom. The van der Waals surface area contributed by atoms with Gasteiger partial charge in [-0.2, -0.15) is 8.42 Å². The Morgan fingerprint density at radius 2 is 2.11 bits per heavy atom.